The van der Waals surface area contributed by atoms with Crippen LogP contribution in [0.3, 0.4) is 0 Å². The Hall–Kier alpha value is -2.38. The van der Waals surface area contributed by atoms with E-state index in [9.17, 15) is 19.2 Å². The molecule has 0 radical (unpaired) electrons. The molecule has 0 rings (SSSR count). The van der Waals surface area contributed by atoms with E-state index in [1.54, 1.807) is 0 Å². The van der Waals surface area contributed by atoms with Crippen molar-refractivity contribution >= 4 is 24.8 Å². The van der Waals surface area contributed by atoms with Gasteiger partial charge in [0.25, 0.3) is 0 Å². The maximum Gasteiger partial charge on any atom is 0.357 e. The van der Waals surface area contributed by atoms with Crippen molar-refractivity contribution in [2.45, 2.75) is 0 Å². The molecule has 0 aliphatic rings. The van der Waals surface area contributed by atoms with E-state index >= 15 is 0 Å². The van der Waals surface area contributed by atoms with Crippen LogP contribution in [0.4, 0.5) is 0 Å². The third-order valence-electron chi connectivity index (χ3n) is 1.44. The van der Waals surface area contributed by atoms with Crippen LogP contribution in [-0.4, -0.2) is 39.0 Å². The molecule has 0 aliphatic carbocycles. The maximum absolute atomic E-state index is 11.2. The van der Waals surface area contributed by atoms with E-state index in [4.69, 9.17) is 0 Å². The molecule has 0 fully saturated rings. The highest BCUT2D eigenvalue weighted by molar-refractivity contribution is 6.01. The second-order valence-electron chi connectivity index (χ2n) is 2.26. The van der Waals surface area contributed by atoms with Gasteiger partial charge in [0, 0.05) is 0 Å². The molecule has 0 unspecified atom stereocenters. The van der Waals surface area contributed by atoms with Crippen molar-refractivity contribution in [3.63, 3.8) is 0 Å². The number of rotatable bonds is 6. The van der Waals surface area contributed by atoms with Crippen LogP contribution in [0, 0.1) is 0 Å². The highest BCUT2D eigenvalue weighted by atomic mass is 16.5. The van der Waals surface area contributed by atoms with Crippen molar-refractivity contribution in [3.8, 4) is 0 Å². The highest BCUT2D eigenvalue weighted by Crippen LogP contribution is 2.01. The topological polar surface area (TPSA) is 111 Å². The van der Waals surface area contributed by atoms with Gasteiger partial charge in [-0.1, -0.05) is 0 Å². The first-order valence-corrected chi connectivity index (χ1v) is 3.93. The lowest BCUT2D eigenvalue weighted by Gasteiger charge is -2.09. The highest BCUT2D eigenvalue weighted by Gasteiger charge is 2.22. The normalized spacial score (nSPS) is 10.6. The predicted molar refractivity (Wildman–Crippen MR) is 49.5 cm³/mol. The van der Waals surface area contributed by atoms with E-state index in [0.29, 0.717) is 0 Å². The molecule has 0 heterocycles. The minimum atomic E-state index is -0.998. The van der Waals surface area contributed by atoms with Crippen LogP contribution in [0.1, 0.15) is 0 Å². The summed E-state index contributed by atoms with van der Waals surface area (Å²) in [6.07, 6.45) is 0.309. The quantitative estimate of drug-likeness (QED) is 0.311. The Balaban J connectivity index is 5.40. The van der Waals surface area contributed by atoms with Crippen molar-refractivity contribution in [1.82, 2.24) is 10.6 Å². The molecule has 0 bridgehead atoms. The third-order valence-corrected chi connectivity index (χ3v) is 1.44. The second-order valence-corrected chi connectivity index (χ2v) is 2.26. The Kier molecular flexibility index (Phi) is 5.95. The first kappa shape index (κ1) is 13.6. The van der Waals surface area contributed by atoms with E-state index in [1.807, 2.05) is 10.6 Å². The van der Waals surface area contributed by atoms with Gasteiger partial charge in [-0.2, -0.15) is 0 Å². The van der Waals surface area contributed by atoms with Crippen molar-refractivity contribution in [2.24, 2.45) is 0 Å². The summed E-state index contributed by atoms with van der Waals surface area (Å²) in [5, 5.41) is 3.87. The summed E-state index contributed by atoms with van der Waals surface area (Å²) in [6, 6.07) is 0. The molecule has 88 valence electrons. The van der Waals surface area contributed by atoms with Gasteiger partial charge in [-0.25, -0.2) is 9.59 Å². The van der Waals surface area contributed by atoms with Crippen LogP contribution in [-0.2, 0) is 28.7 Å². The van der Waals surface area contributed by atoms with Gasteiger partial charge < -0.3 is 20.1 Å². The van der Waals surface area contributed by atoms with Gasteiger partial charge in [0.15, 0.2) is 11.4 Å². The smallest absolute Gasteiger partial charge is 0.357 e. The lowest BCUT2D eigenvalue weighted by molar-refractivity contribution is -0.140. The summed E-state index contributed by atoms with van der Waals surface area (Å²) in [5.74, 6) is -2.00. The average molecular weight is 230 g/mol. The number of carbonyl (C=O) groups excluding carboxylic acids is 4. The molecular weight excluding hydrogens is 220 g/mol. The zero-order valence-corrected chi connectivity index (χ0v) is 8.60. The number of amides is 2. The minimum Gasteiger partial charge on any atom is -0.464 e. The van der Waals surface area contributed by atoms with E-state index in [-0.39, 0.29) is 12.8 Å². The number of hydrogen-bond donors (Lipinski definition) is 2. The Morgan fingerprint density at radius 3 is 1.38 bits per heavy atom. The van der Waals surface area contributed by atoms with Crippen LogP contribution < -0.4 is 10.6 Å². The molecular formula is C8H10N2O6. The van der Waals surface area contributed by atoms with Gasteiger partial charge in [-0.05, 0) is 0 Å². The fraction of sp³-hybridized carbons (Fsp3) is 0.250. The second kappa shape index (κ2) is 6.98. The lowest BCUT2D eigenvalue weighted by atomic mass is 10.3. The molecule has 8 nitrogen and oxygen atoms in total. The summed E-state index contributed by atoms with van der Waals surface area (Å²) in [4.78, 5) is 42.8. The van der Waals surface area contributed by atoms with Gasteiger partial charge in [0.2, 0.25) is 12.8 Å². The molecule has 0 saturated heterocycles. The molecule has 0 aromatic heterocycles. The monoisotopic (exact) mass is 230 g/mol. The van der Waals surface area contributed by atoms with Crippen LogP contribution in [0.25, 0.3) is 0 Å². The summed E-state index contributed by atoms with van der Waals surface area (Å²) in [5.41, 5.74) is -1.03. The maximum atomic E-state index is 11.2. The first-order valence-electron chi connectivity index (χ1n) is 3.93. The van der Waals surface area contributed by atoms with Crippen LogP contribution >= 0.6 is 0 Å². The van der Waals surface area contributed by atoms with Gasteiger partial charge >= 0.3 is 11.9 Å². The van der Waals surface area contributed by atoms with Crippen LogP contribution in [0.15, 0.2) is 11.4 Å². The van der Waals surface area contributed by atoms with Gasteiger partial charge in [-0.15, -0.1) is 0 Å². The summed E-state index contributed by atoms with van der Waals surface area (Å²) in [6.45, 7) is 0. The third kappa shape index (κ3) is 3.40. The molecule has 0 atom stereocenters. The zero-order chi connectivity index (χ0) is 12.6. The lowest BCUT2D eigenvalue weighted by Crippen LogP contribution is -2.31. The fourth-order valence-electron chi connectivity index (χ4n) is 0.788. The molecule has 0 spiro atoms. The predicted octanol–water partition coefficient (Wildman–Crippen LogP) is -1.96. The number of ether oxygens (including phenoxy) is 2. The minimum absolute atomic E-state index is 0.154. The fourth-order valence-corrected chi connectivity index (χ4v) is 0.788. The molecule has 0 aliphatic heterocycles. The molecule has 0 aromatic rings. The Labute approximate surface area is 90.6 Å². The number of methoxy groups -OCH3 is 2. The van der Waals surface area contributed by atoms with Gasteiger partial charge in [0.1, 0.15) is 0 Å². The van der Waals surface area contributed by atoms with E-state index < -0.39 is 23.3 Å². The zero-order valence-electron chi connectivity index (χ0n) is 8.60. The molecule has 2 amide bonds. The first-order chi connectivity index (χ1) is 7.62. The summed E-state index contributed by atoms with van der Waals surface area (Å²) >= 11 is 0. The van der Waals surface area contributed by atoms with Crippen molar-refractivity contribution < 1.29 is 28.7 Å². The van der Waals surface area contributed by atoms with Crippen molar-refractivity contribution in [1.29, 1.82) is 0 Å². The van der Waals surface area contributed by atoms with E-state index in [0.717, 1.165) is 14.2 Å². The molecule has 16 heavy (non-hydrogen) atoms. The van der Waals surface area contributed by atoms with E-state index in [2.05, 4.69) is 9.47 Å². The van der Waals surface area contributed by atoms with Crippen molar-refractivity contribution in [3.05, 3.63) is 11.4 Å². The number of nitrogens with one attached hydrogen (secondary N) is 2. The number of carbonyl (C=O) groups is 4. The molecule has 2 N–H and O–H groups in total. The van der Waals surface area contributed by atoms with Gasteiger partial charge in [-0.3, -0.25) is 9.59 Å². The molecule has 0 saturated carbocycles. The standard InChI is InChI=1S/C8H10N2O6/c1-15-7(13)5(9-3-11)6(10-4-12)8(14)16-2/h3-4H,1-2H3,(H,9,11)(H,10,12)/b6-5-. The number of esters is 2. The van der Waals surface area contributed by atoms with Gasteiger partial charge in [0.05, 0.1) is 14.2 Å². The van der Waals surface area contributed by atoms with Crippen LogP contribution in [0.5, 0.6) is 0 Å². The van der Waals surface area contributed by atoms with Crippen molar-refractivity contribution in [2.75, 3.05) is 14.2 Å². The van der Waals surface area contributed by atoms with Crippen LogP contribution in [0.2, 0.25) is 0 Å². The number of hydrogen-bond acceptors (Lipinski definition) is 6. The largest absolute Gasteiger partial charge is 0.464 e. The Morgan fingerprint density at radius 1 is 0.875 bits per heavy atom. The Bertz CT molecular complexity index is 303. The molecule has 0 aromatic carbocycles. The summed E-state index contributed by atoms with van der Waals surface area (Å²) < 4.78 is 8.61. The Morgan fingerprint density at radius 2 is 1.19 bits per heavy atom. The van der Waals surface area contributed by atoms with E-state index in [1.165, 1.54) is 0 Å². The molecule has 8 heteroatoms. The SMILES string of the molecule is COC(=O)/C(NC=O)=C(/NC=O)C(=O)OC. The summed E-state index contributed by atoms with van der Waals surface area (Å²) in [7, 11) is 2.09. The average Bonchev–Trinajstić information content (AvgIpc) is 2.31.